The van der Waals surface area contributed by atoms with Crippen molar-refractivity contribution >= 4 is 5.69 Å². The molecule has 0 atom stereocenters. The number of nitrogen functional groups attached to an aromatic ring is 1. The Bertz CT molecular complexity index is 382. The van der Waals surface area contributed by atoms with Gasteiger partial charge in [-0.1, -0.05) is 26.0 Å². The fourth-order valence-corrected chi connectivity index (χ4v) is 2.41. The minimum Gasteiger partial charge on any atom is -0.399 e. The van der Waals surface area contributed by atoms with Gasteiger partial charge in [0, 0.05) is 18.8 Å². The quantitative estimate of drug-likeness (QED) is 0.773. The van der Waals surface area contributed by atoms with Crippen molar-refractivity contribution in [3.63, 3.8) is 0 Å². The Morgan fingerprint density at radius 2 is 2.12 bits per heavy atom. The molecule has 0 saturated carbocycles. The number of hydrogen-bond acceptors (Lipinski definition) is 2. The molecule has 0 spiro atoms. The van der Waals surface area contributed by atoms with Crippen LogP contribution in [-0.4, -0.2) is 18.0 Å². The van der Waals surface area contributed by atoms with Crippen LogP contribution in [0.3, 0.4) is 0 Å². The van der Waals surface area contributed by atoms with Crippen molar-refractivity contribution in [2.75, 3.05) is 18.8 Å². The molecule has 2 rings (SSSR count). The summed E-state index contributed by atoms with van der Waals surface area (Å²) >= 11 is 0. The molecule has 2 nitrogen and oxygen atoms in total. The average molecular weight is 218 g/mol. The maximum atomic E-state index is 5.93. The van der Waals surface area contributed by atoms with Crippen molar-refractivity contribution in [3.8, 4) is 0 Å². The molecule has 1 fully saturated rings. The van der Waals surface area contributed by atoms with Gasteiger partial charge in [-0.25, -0.2) is 0 Å². The molecule has 2 N–H and O–H groups in total. The highest BCUT2D eigenvalue weighted by atomic mass is 15.1. The Balaban J connectivity index is 2.02. The number of aryl methyl sites for hydroxylation is 1. The Kier molecular flexibility index (Phi) is 2.94. The molecule has 1 saturated heterocycles. The minimum atomic E-state index is 0.482. The first-order valence-corrected chi connectivity index (χ1v) is 6.04. The number of hydrogen-bond donors (Lipinski definition) is 1. The summed E-state index contributed by atoms with van der Waals surface area (Å²) in [5.74, 6) is 0. The van der Waals surface area contributed by atoms with Crippen molar-refractivity contribution in [2.24, 2.45) is 5.41 Å². The van der Waals surface area contributed by atoms with Crippen molar-refractivity contribution in [3.05, 3.63) is 29.3 Å². The van der Waals surface area contributed by atoms with E-state index in [2.05, 4.69) is 43.9 Å². The molecule has 2 heteroatoms. The van der Waals surface area contributed by atoms with E-state index in [4.69, 9.17) is 5.73 Å². The number of nitrogens with zero attached hydrogens (tertiary/aromatic N) is 1. The normalized spacial score (nSPS) is 20.2. The van der Waals surface area contributed by atoms with Crippen LogP contribution in [0.4, 0.5) is 5.69 Å². The maximum Gasteiger partial charge on any atom is 0.0346 e. The molecule has 1 heterocycles. The van der Waals surface area contributed by atoms with Crippen LogP contribution in [0.5, 0.6) is 0 Å². The third-order valence-corrected chi connectivity index (χ3v) is 3.51. The number of anilines is 1. The third-order valence-electron chi connectivity index (χ3n) is 3.51. The van der Waals surface area contributed by atoms with Crippen LogP contribution in [0.25, 0.3) is 0 Å². The summed E-state index contributed by atoms with van der Waals surface area (Å²) < 4.78 is 0. The summed E-state index contributed by atoms with van der Waals surface area (Å²) in [4.78, 5) is 2.52. The van der Waals surface area contributed by atoms with Gasteiger partial charge in [-0.2, -0.15) is 0 Å². The molecule has 0 radical (unpaired) electrons. The lowest BCUT2D eigenvalue weighted by Crippen LogP contribution is -2.22. The molecule has 0 aliphatic carbocycles. The molecule has 1 aromatic carbocycles. The van der Waals surface area contributed by atoms with Gasteiger partial charge in [-0.05, 0) is 42.5 Å². The van der Waals surface area contributed by atoms with E-state index in [9.17, 15) is 0 Å². The van der Waals surface area contributed by atoms with Gasteiger partial charge in [0.25, 0.3) is 0 Å². The minimum absolute atomic E-state index is 0.482. The van der Waals surface area contributed by atoms with Gasteiger partial charge in [0.2, 0.25) is 0 Å². The maximum absolute atomic E-state index is 5.93. The van der Waals surface area contributed by atoms with E-state index in [1.807, 2.05) is 0 Å². The predicted octanol–water partition coefficient (Wildman–Crippen LogP) is 2.81. The van der Waals surface area contributed by atoms with Crippen LogP contribution < -0.4 is 5.73 Å². The molecule has 1 aromatic rings. The Morgan fingerprint density at radius 3 is 2.69 bits per heavy atom. The van der Waals surface area contributed by atoms with Crippen LogP contribution in [-0.2, 0) is 6.54 Å². The van der Waals surface area contributed by atoms with Gasteiger partial charge >= 0.3 is 0 Å². The first-order chi connectivity index (χ1) is 7.46. The first-order valence-electron chi connectivity index (χ1n) is 6.04. The van der Waals surface area contributed by atoms with Gasteiger partial charge in [0.1, 0.15) is 0 Å². The second-order valence-corrected chi connectivity index (χ2v) is 5.82. The molecular formula is C14H22N2. The molecule has 88 valence electrons. The topological polar surface area (TPSA) is 29.3 Å². The first kappa shape index (κ1) is 11.5. The van der Waals surface area contributed by atoms with E-state index < -0.39 is 0 Å². The lowest BCUT2D eigenvalue weighted by molar-refractivity contribution is 0.284. The van der Waals surface area contributed by atoms with E-state index >= 15 is 0 Å². The van der Waals surface area contributed by atoms with Crippen molar-refractivity contribution in [2.45, 2.75) is 33.7 Å². The lowest BCUT2D eigenvalue weighted by atomic mass is 9.93. The monoisotopic (exact) mass is 218 g/mol. The standard InChI is InChI=1S/C14H22N2/c1-11-4-5-12(8-13(11)15)9-16-7-6-14(2,3)10-16/h4-5,8H,6-7,9-10,15H2,1-3H3. The molecule has 0 unspecified atom stereocenters. The van der Waals surface area contributed by atoms with Gasteiger partial charge < -0.3 is 5.73 Å². The van der Waals surface area contributed by atoms with E-state index in [1.165, 1.54) is 30.6 Å². The summed E-state index contributed by atoms with van der Waals surface area (Å²) in [5.41, 5.74) is 9.83. The van der Waals surface area contributed by atoms with Crippen LogP contribution >= 0.6 is 0 Å². The highest BCUT2D eigenvalue weighted by molar-refractivity contribution is 5.48. The molecule has 1 aliphatic rings. The van der Waals surface area contributed by atoms with Gasteiger partial charge in [0.05, 0.1) is 0 Å². The van der Waals surface area contributed by atoms with E-state index in [-0.39, 0.29) is 0 Å². The number of benzene rings is 1. The lowest BCUT2D eigenvalue weighted by Gasteiger charge is -2.20. The SMILES string of the molecule is Cc1ccc(CN2CCC(C)(C)C2)cc1N. The Morgan fingerprint density at radius 1 is 1.38 bits per heavy atom. The molecule has 0 aromatic heterocycles. The van der Waals surface area contributed by atoms with Gasteiger partial charge in [-0.3, -0.25) is 4.90 Å². The average Bonchev–Trinajstić information content (AvgIpc) is 2.52. The zero-order valence-corrected chi connectivity index (χ0v) is 10.6. The van der Waals surface area contributed by atoms with Gasteiger partial charge in [-0.15, -0.1) is 0 Å². The summed E-state index contributed by atoms with van der Waals surface area (Å²) in [5, 5.41) is 0. The Labute approximate surface area is 98.4 Å². The molecular weight excluding hydrogens is 196 g/mol. The smallest absolute Gasteiger partial charge is 0.0346 e. The fraction of sp³-hybridized carbons (Fsp3) is 0.571. The van der Waals surface area contributed by atoms with Crippen molar-refractivity contribution < 1.29 is 0 Å². The van der Waals surface area contributed by atoms with Crippen LogP contribution in [0.1, 0.15) is 31.4 Å². The van der Waals surface area contributed by atoms with E-state index in [1.54, 1.807) is 0 Å². The fourth-order valence-electron chi connectivity index (χ4n) is 2.41. The summed E-state index contributed by atoms with van der Waals surface area (Å²) in [6, 6.07) is 6.42. The van der Waals surface area contributed by atoms with Crippen LogP contribution in [0.2, 0.25) is 0 Å². The number of likely N-dealkylation sites (tertiary alicyclic amines) is 1. The zero-order valence-electron chi connectivity index (χ0n) is 10.6. The second-order valence-electron chi connectivity index (χ2n) is 5.82. The summed E-state index contributed by atoms with van der Waals surface area (Å²) in [6.07, 6.45) is 1.30. The van der Waals surface area contributed by atoms with Crippen molar-refractivity contribution in [1.29, 1.82) is 0 Å². The number of rotatable bonds is 2. The highest BCUT2D eigenvalue weighted by Gasteiger charge is 2.28. The van der Waals surface area contributed by atoms with E-state index in [0.29, 0.717) is 5.41 Å². The molecule has 0 bridgehead atoms. The molecule has 0 amide bonds. The van der Waals surface area contributed by atoms with Crippen molar-refractivity contribution in [1.82, 2.24) is 4.90 Å². The zero-order chi connectivity index (χ0) is 11.8. The molecule has 1 aliphatic heterocycles. The second kappa shape index (κ2) is 4.10. The third kappa shape index (κ3) is 2.56. The predicted molar refractivity (Wildman–Crippen MR) is 69.3 cm³/mol. The van der Waals surface area contributed by atoms with Crippen LogP contribution in [0.15, 0.2) is 18.2 Å². The number of nitrogens with two attached hydrogens (primary N) is 1. The van der Waals surface area contributed by atoms with Gasteiger partial charge in [0.15, 0.2) is 0 Å². The summed E-state index contributed by atoms with van der Waals surface area (Å²) in [6.45, 7) is 10.2. The van der Waals surface area contributed by atoms with Crippen LogP contribution in [0, 0.1) is 12.3 Å². The largest absolute Gasteiger partial charge is 0.399 e. The summed E-state index contributed by atoms with van der Waals surface area (Å²) in [7, 11) is 0. The highest BCUT2D eigenvalue weighted by Crippen LogP contribution is 2.29. The molecule has 16 heavy (non-hydrogen) atoms. The van der Waals surface area contributed by atoms with E-state index in [0.717, 1.165) is 12.2 Å². The Hall–Kier alpha value is -1.02.